The molecule has 4 aromatic rings. The van der Waals surface area contributed by atoms with E-state index in [-0.39, 0.29) is 47.6 Å². The van der Waals surface area contributed by atoms with Gasteiger partial charge in [0.25, 0.3) is 0 Å². The normalized spacial score (nSPS) is 14.3. The number of rotatable bonds is 11. The van der Waals surface area contributed by atoms with Gasteiger partial charge in [0.05, 0.1) is 22.6 Å². The average molecular weight is 672 g/mol. The largest absolute Gasteiger partial charge is 0.573 e. The molecule has 246 valence electrons. The van der Waals surface area contributed by atoms with E-state index in [1.807, 2.05) is 0 Å². The molecule has 1 fully saturated rings. The van der Waals surface area contributed by atoms with E-state index in [0.717, 1.165) is 24.3 Å². The second-order valence-electron chi connectivity index (χ2n) is 10.4. The number of hydrogen-bond acceptors (Lipinski definition) is 8. The van der Waals surface area contributed by atoms with Crippen molar-refractivity contribution in [2.24, 2.45) is 0 Å². The van der Waals surface area contributed by atoms with Gasteiger partial charge in [-0.3, -0.25) is 4.79 Å². The molecule has 1 aromatic heterocycles. The van der Waals surface area contributed by atoms with E-state index in [4.69, 9.17) is 9.47 Å². The van der Waals surface area contributed by atoms with Crippen molar-refractivity contribution < 1.29 is 50.5 Å². The minimum Gasteiger partial charge on any atom is -0.490 e. The van der Waals surface area contributed by atoms with Crippen LogP contribution in [0.15, 0.2) is 96.0 Å². The standard InChI is InChI=1S/C32H28F3N3O8S/c33-32(34,35)46-25-10-12-26(13-11-25)47(42,43)38-17-15-24(16-18-38)44-22-6-8-23(9-7-22)45-30-14-5-21(20-36-30)19-29(39)37-28-4-2-1-3-27(28)31(40)41/h1-14,20,24H,15-19H2,(H,37,39)(H,40,41). The lowest BCUT2D eigenvalue weighted by atomic mass is 10.1. The number of alkyl halides is 3. The molecule has 0 unspecified atom stereocenters. The quantitative estimate of drug-likeness (QED) is 0.200. The second-order valence-corrected chi connectivity index (χ2v) is 12.3. The summed E-state index contributed by atoms with van der Waals surface area (Å²) in [7, 11) is -3.90. The van der Waals surface area contributed by atoms with Gasteiger partial charge in [0, 0.05) is 25.4 Å². The zero-order valence-corrected chi connectivity index (χ0v) is 25.3. The number of carboxylic acid groups (broad SMARTS) is 1. The molecule has 1 saturated heterocycles. The molecule has 1 amide bonds. The number of nitrogens with one attached hydrogen (secondary N) is 1. The number of anilines is 1. The lowest BCUT2D eigenvalue weighted by Crippen LogP contribution is -2.41. The number of amides is 1. The first-order valence-electron chi connectivity index (χ1n) is 14.2. The van der Waals surface area contributed by atoms with Gasteiger partial charge < -0.3 is 24.6 Å². The van der Waals surface area contributed by atoms with Gasteiger partial charge in [0.2, 0.25) is 21.8 Å². The van der Waals surface area contributed by atoms with Crippen molar-refractivity contribution in [2.45, 2.75) is 36.6 Å². The first-order chi connectivity index (χ1) is 22.4. The molecular weight excluding hydrogens is 643 g/mol. The van der Waals surface area contributed by atoms with E-state index < -0.39 is 34.0 Å². The summed E-state index contributed by atoms with van der Waals surface area (Å²) in [6.07, 6.45) is -2.84. The summed E-state index contributed by atoms with van der Waals surface area (Å²) in [4.78, 5) is 27.9. The van der Waals surface area contributed by atoms with Crippen LogP contribution >= 0.6 is 0 Å². The lowest BCUT2D eigenvalue weighted by Gasteiger charge is -2.31. The van der Waals surface area contributed by atoms with Gasteiger partial charge in [0.1, 0.15) is 23.4 Å². The molecule has 15 heteroatoms. The van der Waals surface area contributed by atoms with Crippen LogP contribution < -0.4 is 19.5 Å². The van der Waals surface area contributed by atoms with Crippen LogP contribution in [-0.4, -0.2) is 60.2 Å². The molecule has 0 atom stereocenters. The molecule has 5 rings (SSSR count). The Hall–Kier alpha value is -5.15. The monoisotopic (exact) mass is 671 g/mol. The van der Waals surface area contributed by atoms with Crippen LogP contribution in [0, 0.1) is 0 Å². The highest BCUT2D eigenvalue weighted by Gasteiger charge is 2.33. The number of hydrogen-bond donors (Lipinski definition) is 2. The molecular formula is C32H28F3N3O8S. The highest BCUT2D eigenvalue weighted by atomic mass is 32.2. The van der Waals surface area contributed by atoms with Crippen molar-refractivity contribution in [2.75, 3.05) is 18.4 Å². The molecule has 3 aromatic carbocycles. The number of pyridine rings is 1. The van der Waals surface area contributed by atoms with E-state index in [1.54, 1.807) is 48.5 Å². The third-order valence-corrected chi connectivity index (χ3v) is 8.95. The predicted octanol–water partition coefficient (Wildman–Crippen LogP) is 5.88. The van der Waals surface area contributed by atoms with Crippen molar-refractivity contribution in [1.29, 1.82) is 0 Å². The summed E-state index contributed by atoms with van der Waals surface area (Å²) >= 11 is 0. The predicted molar refractivity (Wildman–Crippen MR) is 162 cm³/mol. The fourth-order valence-electron chi connectivity index (χ4n) is 4.79. The topological polar surface area (TPSA) is 144 Å². The van der Waals surface area contributed by atoms with E-state index >= 15 is 0 Å². The van der Waals surface area contributed by atoms with Gasteiger partial charge in [0.15, 0.2) is 0 Å². The average Bonchev–Trinajstić information content (AvgIpc) is 3.03. The summed E-state index contributed by atoms with van der Waals surface area (Å²) < 4.78 is 80.0. The summed E-state index contributed by atoms with van der Waals surface area (Å²) in [6.45, 7) is 0.349. The molecule has 0 radical (unpaired) electrons. The van der Waals surface area contributed by atoms with Gasteiger partial charge in [-0.15, -0.1) is 13.2 Å². The zero-order chi connectivity index (χ0) is 33.6. The molecule has 2 heterocycles. The minimum atomic E-state index is -4.87. The number of nitrogens with zero attached hydrogens (tertiary/aromatic N) is 2. The molecule has 1 aliphatic heterocycles. The maximum Gasteiger partial charge on any atom is 0.573 e. The van der Waals surface area contributed by atoms with Crippen LogP contribution in [0.4, 0.5) is 18.9 Å². The number of carbonyl (C=O) groups is 2. The Balaban J connectivity index is 1.08. The summed E-state index contributed by atoms with van der Waals surface area (Å²) in [6, 6.07) is 20.3. The minimum absolute atomic E-state index is 0.0104. The van der Waals surface area contributed by atoms with Gasteiger partial charge in [-0.2, -0.15) is 4.31 Å². The zero-order valence-electron chi connectivity index (χ0n) is 24.5. The van der Waals surface area contributed by atoms with Crippen LogP contribution in [0.2, 0.25) is 0 Å². The van der Waals surface area contributed by atoms with E-state index in [2.05, 4.69) is 15.0 Å². The Morgan fingerprint density at radius 2 is 1.53 bits per heavy atom. The number of ether oxygens (including phenoxy) is 3. The molecule has 0 aliphatic carbocycles. The SMILES string of the molecule is O=C(Cc1ccc(Oc2ccc(OC3CCN(S(=O)(=O)c4ccc(OC(F)(F)F)cc4)CC3)cc2)nc1)Nc1ccccc1C(=O)O. The number of benzene rings is 3. The van der Waals surface area contributed by atoms with E-state index in [0.29, 0.717) is 29.9 Å². The van der Waals surface area contributed by atoms with Crippen LogP contribution in [0.3, 0.4) is 0 Å². The number of para-hydroxylation sites is 1. The Morgan fingerprint density at radius 1 is 0.894 bits per heavy atom. The smallest absolute Gasteiger partial charge is 0.490 e. The summed E-state index contributed by atoms with van der Waals surface area (Å²) in [5.41, 5.74) is 0.789. The Kier molecular flexibility index (Phi) is 9.96. The van der Waals surface area contributed by atoms with Crippen LogP contribution in [-0.2, 0) is 21.2 Å². The third-order valence-electron chi connectivity index (χ3n) is 7.04. The number of aromatic nitrogens is 1. The Morgan fingerprint density at radius 3 is 2.15 bits per heavy atom. The van der Waals surface area contributed by atoms with Gasteiger partial charge in [-0.25, -0.2) is 18.2 Å². The first kappa shape index (κ1) is 33.2. The Bertz CT molecular complexity index is 1810. The van der Waals surface area contributed by atoms with Crippen molar-refractivity contribution in [3.05, 3.63) is 102 Å². The number of carboxylic acids is 1. The number of halogens is 3. The number of sulfonamides is 1. The van der Waals surface area contributed by atoms with Crippen molar-refractivity contribution in [1.82, 2.24) is 9.29 Å². The molecule has 0 bridgehead atoms. The molecule has 1 aliphatic rings. The molecule has 11 nitrogen and oxygen atoms in total. The fraction of sp³-hybridized carbons (Fsp3) is 0.219. The maximum atomic E-state index is 13.0. The number of aromatic carboxylic acids is 1. The maximum absolute atomic E-state index is 13.0. The van der Waals surface area contributed by atoms with Gasteiger partial charge in [-0.1, -0.05) is 18.2 Å². The highest BCUT2D eigenvalue weighted by Crippen LogP contribution is 2.29. The third kappa shape index (κ3) is 8.98. The summed E-state index contributed by atoms with van der Waals surface area (Å²) in [5, 5.41) is 11.9. The van der Waals surface area contributed by atoms with Gasteiger partial charge in [-0.05, 0) is 79.1 Å². The van der Waals surface area contributed by atoms with E-state index in [1.165, 1.54) is 22.6 Å². The number of carbonyl (C=O) groups excluding carboxylic acids is 1. The molecule has 47 heavy (non-hydrogen) atoms. The van der Waals surface area contributed by atoms with Crippen molar-refractivity contribution >= 4 is 27.6 Å². The fourth-order valence-corrected chi connectivity index (χ4v) is 6.26. The Labute approximate surface area is 267 Å². The molecule has 0 spiro atoms. The van der Waals surface area contributed by atoms with Crippen LogP contribution in [0.25, 0.3) is 0 Å². The second kappa shape index (κ2) is 14.1. The first-order valence-corrected chi connectivity index (χ1v) is 15.7. The van der Waals surface area contributed by atoms with Crippen molar-refractivity contribution in [3.63, 3.8) is 0 Å². The molecule has 0 saturated carbocycles. The van der Waals surface area contributed by atoms with Crippen molar-refractivity contribution in [3.8, 4) is 23.1 Å². The lowest BCUT2D eigenvalue weighted by molar-refractivity contribution is -0.274. The van der Waals surface area contributed by atoms with Crippen LogP contribution in [0.1, 0.15) is 28.8 Å². The molecule has 2 N–H and O–H groups in total. The van der Waals surface area contributed by atoms with Crippen LogP contribution in [0.5, 0.6) is 23.1 Å². The van der Waals surface area contributed by atoms with Gasteiger partial charge >= 0.3 is 12.3 Å². The highest BCUT2D eigenvalue weighted by molar-refractivity contribution is 7.89. The van der Waals surface area contributed by atoms with E-state index in [9.17, 15) is 36.3 Å². The summed E-state index contributed by atoms with van der Waals surface area (Å²) in [5.74, 6) is -0.727. The number of piperidine rings is 1.